The molecule has 4 rings (SSSR count). The van der Waals surface area contributed by atoms with Crippen LogP contribution in [0.25, 0.3) is 27.6 Å². The van der Waals surface area contributed by atoms with Crippen molar-refractivity contribution in [2.24, 2.45) is 0 Å². The monoisotopic (exact) mass is 307 g/mol. The average Bonchev–Trinajstić information content (AvgIpc) is 3.13. The van der Waals surface area contributed by atoms with Gasteiger partial charge in [-0.2, -0.15) is 9.78 Å². The predicted molar refractivity (Wildman–Crippen MR) is 87.2 cm³/mol. The summed E-state index contributed by atoms with van der Waals surface area (Å²) < 4.78 is 1.73. The molecule has 6 heteroatoms. The number of thiophene rings is 1. The fraction of sp³-hybridized carbons (Fsp3) is 0.125. The van der Waals surface area contributed by atoms with Crippen LogP contribution in [0.15, 0.2) is 41.9 Å². The Morgan fingerprint density at radius 3 is 2.59 bits per heavy atom. The van der Waals surface area contributed by atoms with Gasteiger partial charge in [0, 0.05) is 23.0 Å². The second-order valence-electron chi connectivity index (χ2n) is 5.06. The first-order valence-electron chi connectivity index (χ1n) is 6.92. The lowest BCUT2D eigenvalue weighted by Gasteiger charge is -2.03. The largest absolute Gasteiger partial charge is 0.253 e. The van der Waals surface area contributed by atoms with Gasteiger partial charge in [-0.25, -0.2) is 15.0 Å². The minimum absolute atomic E-state index is 0.559. The van der Waals surface area contributed by atoms with E-state index in [1.165, 1.54) is 0 Å². The van der Waals surface area contributed by atoms with Crippen LogP contribution in [-0.2, 0) is 0 Å². The molecule has 4 aromatic heterocycles. The highest BCUT2D eigenvalue weighted by Gasteiger charge is 2.16. The summed E-state index contributed by atoms with van der Waals surface area (Å²) >= 11 is 1.66. The number of fused-ring (bicyclic) bond motifs is 1. The Kier molecular flexibility index (Phi) is 2.97. The fourth-order valence-corrected chi connectivity index (χ4v) is 3.21. The molecule has 0 atom stereocenters. The van der Waals surface area contributed by atoms with E-state index in [1.54, 1.807) is 22.2 Å². The minimum Gasteiger partial charge on any atom is -0.236 e. The van der Waals surface area contributed by atoms with Crippen molar-refractivity contribution in [2.75, 3.05) is 0 Å². The minimum atomic E-state index is 0.559. The number of rotatable bonds is 2. The van der Waals surface area contributed by atoms with E-state index < -0.39 is 0 Å². The van der Waals surface area contributed by atoms with Crippen molar-refractivity contribution in [3.05, 3.63) is 53.3 Å². The first kappa shape index (κ1) is 13.1. The molecule has 0 N–H and O–H groups in total. The number of aromatic nitrogens is 5. The second-order valence-corrected chi connectivity index (χ2v) is 6.01. The molecule has 0 spiro atoms. The number of hydrogen-bond acceptors (Lipinski definition) is 5. The van der Waals surface area contributed by atoms with E-state index in [0.29, 0.717) is 5.95 Å². The van der Waals surface area contributed by atoms with Crippen LogP contribution in [0.4, 0.5) is 0 Å². The van der Waals surface area contributed by atoms with Crippen LogP contribution >= 0.6 is 11.3 Å². The lowest BCUT2D eigenvalue weighted by molar-refractivity contribution is 0.811. The summed E-state index contributed by atoms with van der Waals surface area (Å²) in [4.78, 5) is 14.6. The highest BCUT2D eigenvalue weighted by Crippen LogP contribution is 2.30. The molecule has 0 aliphatic rings. The van der Waals surface area contributed by atoms with Gasteiger partial charge in [0.05, 0.1) is 4.88 Å². The molecule has 0 amide bonds. The van der Waals surface area contributed by atoms with Crippen molar-refractivity contribution >= 4 is 22.4 Å². The molecular weight excluding hydrogens is 294 g/mol. The number of hydrogen-bond donors (Lipinski definition) is 0. The zero-order valence-electron chi connectivity index (χ0n) is 12.2. The lowest BCUT2D eigenvalue weighted by Crippen LogP contribution is -2.06. The maximum Gasteiger partial charge on any atom is 0.253 e. The third-order valence-electron chi connectivity index (χ3n) is 3.36. The zero-order chi connectivity index (χ0) is 15.1. The van der Waals surface area contributed by atoms with Crippen LogP contribution in [0.3, 0.4) is 0 Å². The van der Waals surface area contributed by atoms with Gasteiger partial charge in [-0.05, 0) is 43.5 Å². The van der Waals surface area contributed by atoms with Crippen molar-refractivity contribution in [1.29, 1.82) is 0 Å². The molecule has 108 valence electrons. The summed E-state index contributed by atoms with van der Waals surface area (Å²) in [5, 5.41) is 7.78. The fourth-order valence-electron chi connectivity index (χ4n) is 2.49. The van der Waals surface area contributed by atoms with Crippen molar-refractivity contribution in [1.82, 2.24) is 24.7 Å². The maximum absolute atomic E-state index is 4.72. The molecule has 0 aliphatic heterocycles. The van der Waals surface area contributed by atoms with E-state index in [2.05, 4.69) is 21.0 Å². The smallest absolute Gasteiger partial charge is 0.236 e. The first-order valence-corrected chi connectivity index (χ1v) is 7.80. The molecule has 0 saturated heterocycles. The number of aryl methyl sites for hydroxylation is 2. The molecule has 22 heavy (non-hydrogen) atoms. The second kappa shape index (κ2) is 4.99. The highest BCUT2D eigenvalue weighted by atomic mass is 32.1. The summed E-state index contributed by atoms with van der Waals surface area (Å²) in [7, 11) is 0. The lowest BCUT2D eigenvalue weighted by atomic mass is 10.2. The van der Waals surface area contributed by atoms with Crippen LogP contribution in [0.5, 0.6) is 0 Å². The van der Waals surface area contributed by atoms with Crippen molar-refractivity contribution in [3.8, 4) is 16.5 Å². The van der Waals surface area contributed by atoms with Gasteiger partial charge in [0.1, 0.15) is 5.69 Å². The summed E-state index contributed by atoms with van der Waals surface area (Å²) in [5.74, 6) is 0.559. The van der Waals surface area contributed by atoms with Gasteiger partial charge < -0.3 is 0 Å². The van der Waals surface area contributed by atoms with E-state index in [1.807, 2.05) is 43.5 Å². The molecule has 0 radical (unpaired) electrons. The van der Waals surface area contributed by atoms with Crippen LogP contribution in [-0.4, -0.2) is 24.7 Å². The van der Waals surface area contributed by atoms with Crippen LogP contribution in [0.1, 0.15) is 11.4 Å². The summed E-state index contributed by atoms with van der Waals surface area (Å²) in [6.45, 7) is 3.91. The maximum atomic E-state index is 4.72. The Hall–Kier alpha value is -2.60. The van der Waals surface area contributed by atoms with Crippen molar-refractivity contribution < 1.29 is 0 Å². The quantitative estimate of drug-likeness (QED) is 0.568. The van der Waals surface area contributed by atoms with Gasteiger partial charge in [0.2, 0.25) is 0 Å². The van der Waals surface area contributed by atoms with Gasteiger partial charge in [0.15, 0.2) is 5.65 Å². The molecule has 0 bridgehead atoms. The normalized spacial score (nSPS) is 11.2. The van der Waals surface area contributed by atoms with Crippen LogP contribution in [0.2, 0.25) is 0 Å². The Bertz CT molecular complexity index is 936. The molecular formula is C16H13N5S. The van der Waals surface area contributed by atoms with Gasteiger partial charge >= 0.3 is 0 Å². The van der Waals surface area contributed by atoms with Crippen molar-refractivity contribution in [2.45, 2.75) is 13.8 Å². The Balaban J connectivity index is 2.03. The average molecular weight is 307 g/mol. The Morgan fingerprint density at radius 1 is 1.05 bits per heavy atom. The van der Waals surface area contributed by atoms with E-state index >= 15 is 0 Å². The highest BCUT2D eigenvalue weighted by molar-refractivity contribution is 7.13. The third-order valence-corrected chi connectivity index (χ3v) is 4.23. The number of pyridine rings is 1. The zero-order valence-corrected chi connectivity index (χ0v) is 13.0. The predicted octanol–water partition coefficient (Wildman–Crippen LogP) is 3.56. The molecule has 0 aromatic carbocycles. The third kappa shape index (κ3) is 2.08. The molecule has 0 saturated carbocycles. The number of nitrogens with zero attached hydrogens (tertiary/aromatic N) is 5. The molecule has 0 aliphatic carbocycles. The van der Waals surface area contributed by atoms with Gasteiger partial charge in [0.25, 0.3) is 5.95 Å². The van der Waals surface area contributed by atoms with E-state index in [-0.39, 0.29) is 0 Å². The van der Waals surface area contributed by atoms with Crippen LogP contribution < -0.4 is 0 Å². The SMILES string of the molecule is Cc1cc(C)nc(-n2nc(-c3cccs3)c3cccnc32)n1. The molecule has 0 unspecified atom stereocenters. The molecule has 4 aromatic rings. The first-order chi connectivity index (χ1) is 10.7. The summed E-state index contributed by atoms with van der Waals surface area (Å²) in [6, 6.07) is 9.99. The Morgan fingerprint density at radius 2 is 1.86 bits per heavy atom. The van der Waals surface area contributed by atoms with Gasteiger partial charge in [-0.1, -0.05) is 6.07 Å². The molecule has 0 fully saturated rings. The van der Waals surface area contributed by atoms with E-state index in [9.17, 15) is 0 Å². The molecule has 4 heterocycles. The Labute approximate surface area is 131 Å². The van der Waals surface area contributed by atoms with E-state index in [4.69, 9.17) is 5.10 Å². The topological polar surface area (TPSA) is 56.5 Å². The van der Waals surface area contributed by atoms with Gasteiger partial charge in [-0.15, -0.1) is 11.3 Å². The summed E-state index contributed by atoms with van der Waals surface area (Å²) in [5.41, 5.74) is 3.52. The standard InChI is InChI=1S/C16H13N5S/c1-10-9-11(2)19-16(18-10)21-15-12(5-3-7-17-15)14(20-21)13-6-4-8-22-13/h3-9H,1-2H3. The van der Waals surface area contributed by atoms with Gasteiger partial charge in [-0.3, -0.25) is 0 Å². The van der Waals surface area contributed by atoms with Crippen LogP contribution in [0, 0.1) is 13.8 Å². The van der Waals surface area contributed by atoms with E-state index in [0.717, 1.165) is 33.0 Å². The molecule has 5 nitrogen and oxygen atoms in total. The summed E-state index contributed by atoms with van der Waals surface area (Å²) in [6.07, 6.45) is 1.77. The van der Waals surface area contributed by atoms with Crippen molar-refractivity contribution in [3.63, 3.8) is 0 Å².